The minimum absolute atomic E-state index is 0.625. The molecule has 0 aromatic carbocycles. The summed E-state index contributed by atoms with van der Waals surface area (Å²) < 4.78 is 0. The molecular weight excluding hydrogens is 248 g/mol. The summed E-state index contributed by atoms with van der Waals surface area (Å²) in [6.07, 6.45) is 6.31. The molecule has 1 N–H and O–H groups in total. The Bertz CT molecular complexity index is 424. The molecule has 1 aromatic heterocycles. The fraction of sp³-hybridized carbons (Fsp3) is 0.750. The van der Waals surface area contributed by atoms with Gasteiger partial charge in [0.25, 0.3) is 0 Å². The second-order valence-electron chi connectivity index (χ2n) is 6.14. The van der Waals surface area contributed by atoms with Crippen molar-refractivity contribution in [2.24, 2.45) is 5.92 Å². The number of nitrogens with zero attached hydrogens (tertiary/aromatic N) is 3. The van der Waals surface area contributed by atoms with Crippen molar-refractivity contribution in [1.82, 2.24) is 9.97 Å². The molecule has 1 saturated carbocycles. The third-order valence-corrected chi connectivity index (χ3v) is 4.27. The number of hydrogen-bond acceptors (Lipinski definition) is 4. The van der Waals surface area contributed by atoms with Gasteiger partial charge in [-0.05, 0) is 44.9 Å². The van der Waals surface area contributed by atoms with E-state index in [2.05, 4.69) is 47.1 Å². The Morgan fingerprint density at radius 1 is 1.25 bits per heavy atom. The van der Waals surface area contributed by atoms with E-state index in [0.717, 1.165) is 36.3 Å². The normalized spacial score (nSPS) is 22.6. The summed E-state index contributed by atoms with van der Waals surface area (Å²) in [6.45, 7) is 7.48. The lowest BCUT2D eigenvalue weighted by Gasteiger charge is -2.34. The van der Waals surface area contributed by atoms with Crippen molar-refractivity contribution < 1.29 is 0 Å². The van der Waals surface area contributed by atoms with Crippen molar-refractivity contribution in [3.63, 3.8) is 0 Å². The maximum Gasteiger partial charge on any atom is 0.224 e. The largest absolute Gasteiger partial charge is 0.357 e. The number of anilines is 2. The summed E-state index contributed by atoms with van der Waals surface area (Å²) >= 11 is 0. The average molecular weight is 276 g/mol. The van der Waals surface area contributed by atoms with Crippen LogP contribution in [0.15, 0.2) is 6.07 Å². The Kier molecular flexibility index (Phi) is 5.21. The summed E-state index contributed by atoms with van der Waals surface area (Å²) in [5.74, 6) is 2.70. The van der Waals surface area contributed by atoms with Gasteiger partial charge in [-0.2, -0.15) is 4.98 Å². The molecule has 1 heterocycles. The second kappa shape index (κ2) is 6.91. The van der Waals surface area contributed by atoms with Gasteiger partial charge in [0.1, 0.15) is 5.82 Å². The first-order valence-corrected chi connectivity index (χ1v) is 7.92. The molecule has 0 unspecified atom stereocenters. The van der Waals surface area contributed by atoms with E-state index < -0.39 is 0 Å². The van der Waals surface area contributed by atoms with Crippen LogP contribution in [0.3, 0.4) is 0 Å². The maximum atomic E-state index is 4.67. The van der Waals surface area contributed by atoms with E-state index in [1.54, 1.807) is 0 Å². The molecule has 4 nitrogen and oxygen atoms in total. The first-order valence-electron chi connectivity index (χ1n) is 7.92. The highest BCUT2D eigenvalue weighted by molar-refractivity contribution is 5.45. The van der Waals surface area contributed by atoms with Crippen LogP contribution in [-0.2, 0) is 0 Å². The number of nitrogens with one attached hydrogen (secondary N) is 1. The first kappa shape index (κ1) is 15.1. The molecule has 1 aromatic rings. The van der Waals surface area contributed by atoms with E-state index in [1.807, 2.05) is 6.92 Å². The third-order valence-electron chi connectivity index (χ3n) is 4.27. The molecule has 1 fully saturated rings. The van der Waals surface area contributed by atoms with Crippen LogP contribution >= 0.6 is 0 Å². The molecule has 20 heavy (non-hydrogen) atoms. The summed E-state index contributed by atoms with van der Waals surface area (Å²) in [4.78, 5) is 11.5. The molecule has 0 atom stereocenters. The molecule has 4 heteroatoms. The Labute approximate surface area is 123 Å². The van der Waals surface area contributed by atoms with Crippen LogP contribution in [0.1, 0.15) is 51.6 Å². The van der Waals surface area contributed by atoms with E-state index in [9.17, 15) is 0 Å². The van der Waals surface area contributed by atoms with E-state index in [1.165, 1.54) is 25.7 Å². The standard InChI is InChI=1S/C16H28N4/c1-5-10-17-16-18-13(3)11-15(19-16)20(4)14-8-6-12(2)7-9-14/h11-12,14H,5-10H2,1-4H3,(H,17,18,19). The number of rotatable bonds is 5. The Morgan fingerprint density at radius 3 is 2.60 bits per heavy atom. The molecule has 1 aliphatic carbocycles. The highest BCUT2D eigenvalue weighted by Gasteiger charge is 2.23. The van der Waals surface area contributed by atoms with Gasteiger partial charge < -0.3 is 10.2 Å². The monoisotopic (exact) mass is 276 g/mol. The van der Waals surface area contributed by atoms with Gasteiger partial charge in [0.2, 0.25) is 5.95 Å². The predicted octanol–water partition coefficient (Wildman–Crippen LogP) is 3.62. The van der Waals surface area contributed by atoms with Gasteiger partial charge in [0.15, 0.2) is 0 Å². The van der Waals surface area contributed by atoms with Crippen LogP contribution in [0, 0.1) is 12.8 Å². The molecular formula is C16H28N4. The SMILES string of the molecule is CCCNc1nc(C)cc(N(C)C2CCC(C)CC2)n1. The minimum atomic E-state index is 0.625. The van der Waals surface area contributed by atoms with E-state index in [0.29, 0.717) is 6.04 Å². The minimum Gasteiger partial charge on any atom is -0.357 e. The van der Waals surface area contributed by atoms with Crippen LogP contribution in [0.5, 0.6) is 0 Å². The fourth-order valence-corrected chi connectivity index (χ4v) is 2.87. The van der Waals surface area contributed by atoms with Gasteiger partial charge in [-0.15, -0.1) is 0 Å². The topological polar surface area (TPSA) is 41.1 Å². The lowest BCUT2D eigenvalue weighted by molar-refractivity contribution is 0.340. The zero-order valence-electron chi connectivity index (χ0n) is 13.3. The lowest BCUT2D eigenvalue weighted by atomic mass is 9.87. The highest BCUT2D eigenvalue weighted by atomic mass is 15.2. The molecule has 1 aliphatic rings. The van der Waals surface area contributed by atoms with Gasteiger partial charge in [-0.1, -0.05) is 13.8 Å². The first-order chi connectivity index (χ1) is 9.60. The van der Waals surface area contributed by atoms with Gasteiger partial charge in [0.05, 0.1) is 0 Å². The second-order valence-corrected chi connectivity index (χ2v) is 6.14. The van der Waals surface area contributed by atoms with E-state index in [4.69, 9.17) is 0 Å². The van der Waals surface area contributed by atoms with Gasteiger partial charge >= 0.3 is 0 Å². The zero-order chi connectivity index (χ0) is 14.5. The molecule has 0 aliphatic heterocycles. The van der Waals surface area contributed by atoms with Crippen LogP contribution in [0.25, 0.3) is 0 Å². The Hall–Kier alpha value is -1.32. The van der Waals surface area contributed by atoms with E-state index in [-0.39, 0.29) is 0 Å². The quantitative estimate of drug-likeness (QED) is 0.891. The average Bonchev–Trinajstić information content (AvgIpc) is 2.44. The highest BCUT2D eigenvalue weighted by Crippen LogP contribution is 2.29. The lowest BCUT2D eigenvalue weighted by Crippen LogP contribution is -2.35. The maximum absolute atomic E-state index is 4.67. The Morgan fingerprint density at radius 2 is 1.95 bits per heavy atom. The van der Waals surface area contributed by atoms with Crippen molar-refractivity contribution >= 4 is 11.8 Å². The van der Waals surface area contributed by atoms with Crippen LogP contribution in [0.4, 0.5) is 11.8 Å². The molecule has 112 valence electrons. The third kappa shape index (κ3) is 3.84. The summed E-state index contributed by atoms with van der Waals surface area (Å²) in [7, 11) is 2.17. The summed E-state index contributed by atoms with van der Waals surface area (Å²) in [5, 5.41) is 3.29. The fourth-order valence-electron chi connectivity index (χ4n) is 2.87. The van der Waals surface area contributed by atoms with Gasteiger partial charge in [-0.3, -0.25) is 0 Å². The molecule has 0 bridgehead atoms. The predicted molar refractivity (Wildman–Crippen MR) is 85.4 cm³/mol. The van der Waals surface area contributed by atoms with Crippen molar-refractivity contribution in [1.29, 1.82) is 0 Å². The molecule has 0 saturated heterocycles. The van der Waals surface area contributed by atoms with Crippen LogP contribution in [0.2, 0.25) is 0 Å². The van der Waals surface area contributed by atoms with Crippen molar-refractivity contribution in [3.05, 3.63) is 11.8 Å². The molecule has 0 spiro atoms. The molecule has 2 rings (SSSR count). The zero-order valence-corrected chi connectivity index (χ0v) is 13.3. The number of aromatic nitrogens is 2. The summed E-state index contributed by atoms with van der Waals surface area (Å²) in [5.41, 5.74) is 1.03. The van der Waals surface area contributed by atoms with Crippen molar-refractivity contribution in [2.45, 2.75) is 58.9 Å². The van der Waals surface area contributed by atoms with Crippen molar-refractivity contribution in [2.75, 3.05) is 23.8 Å². The summed E-state index contributed by atoms with van der Waals surface area (Å²) in [6, 6.07) is 2.72. The smallest absolute Gasteiger partial charge is 0.224 e. The van der Waals surface area contributed by atoms with Gasteiger partial charge in [0, 0.05) is 31.4 Å². The van der Waals surface area contributed by atoms with Crippen LogP contribution < -0.4 is 10.2 Å². The molecule has 0 radical (unpaired) electrons. The van der Waals surface area contributed by atoms with Crippen LogP contribution in [-0.4, -0.2) is 29.6 Å². The molecule has 0 amide bonds. The number of hydrogen-bond donors (Lipinski definition) is 1. The van der Waals surface area contributed by atoms with E-state index >= 15 is 0 Å². The van der Waals surface area contributed by atoms with Gasteiger partial charge in [-0.25, -0.2) is 4.98 Å². The van der Waals surface area contributed by atoms with Crippen molar-refractivity contribution in [3.8, 4) is 0 Å². The Balaban J connectivity index is 2.08. The number of aryl methyl sites for hydroxylation is 1.